The van der Waals surface area contributed by atoms with E-state index in [0.29, 0.717) is 30.9 Å². The molecule has 29 heteroatoms. The number of Topliss-reactive ketones (excluding diaryl/α,β-unsaturated/α-hetero) is 1. The number of amides is 3. The summed E-state index contributed by atoms with van der Waals surface area (Å²) >= 11 is 5.04. The SMILES string of the molecule is CNOC.CON(C)C(=O)C1CC1.COc1ccc(N)c(C)c1.COc1ccc(NC(=O)OC(C)(C)C)c(C)c1.COc1ccc(NC(=O)OC(C)(C)C)c(CC(=O)C2CC2)c1.COc1ccc2[nH]c(C3CC3)c(C=O)c2c1.COc1ccc2[nH]c(C3CC3)cc2c1.C[B]OOCB=O.Cl.O=C(Cl)C1CC1. The minimum atomic E-state index is -0.569. The molecule has 0 aliphatic heterocycles. The minimum absolute atomic E-state index is 0. The quantitative estimate of drug-likeness (QED) is 0.00740. The van der Waals surface area contributed by atoms with Crippen molar-refractivity contribution < 1.29 is 86.0 Å². The van der Waals surface area contributed by atoms with Gasteiger partial charge in [-0.25, -0.2) is 20.1 Å². The average molecular weight is 1510 g/mol. The number of ketones is 1. The normalized spacial score (nSPS) is 13.5. The fraction of sp³-hybridized carbons (Fsp3) is 0.481. The first-order chi connectivity index (χ1) is 49.9. The molecule has 0 unspecified atom stereocenters. The van der Waals surface area contributed by atoms with Crippen LogP contribution >= 0.6 is 24.0 Å². The Morgan fingerprint density at radius 2 is 1.08 bits per heavy atom. The van der Waals surface area contributed by atoms with Gasteiger partial charge in [0.15, 0.2) is 6.29 Å². The average Bonchev–Trinajstić information content (AvgIpc) is 1.63. The summed E-state index contributed by atoms with van der Waals surface area (Å²) in [5.41, 5.74) is 17.3. The number of hydrogen-bond donors (Lipinski definition) is 6. The van der Waals surface area contributed by atoms with Crippen LogP contribution < -0.4 is 45.5 Å². The molecule has 5 fully saturated rings. The smallest absolute Gasteiger partial charge is 0.224 e. The number of benzene rings is 5. The van der Waals surface area contributed by atoms with Crippen molar-refractivity contribution >= 4 is 113 Å². The van der Waals surface area contributed by atoms with Crippen LogP contribution in [0.2, 0.25) is 6.82 Å². The van der Waals surface area contributed by atoms with Crippen LogP contribution in [-0.2, 0) is 54.4 Å². The molecule has 0 saturated heterocycles. The second-order valence-electron chi connectivity index (χ2n) is 26.9. The Labute approximate surface area is 636 Å². The van der Waals surface area contributed by atoms with Crippen molar-refractivity contribution in [1.82, 2.24) is 20.5 Å². The van der Waals surface area contributed by atoms with Crippen molar-refractivity contribution in [2.24, 2.45) is 17.8 Å². The van der Waals surface area contributed by atoms with Crippen LogP contribution in [-0.4, -0.2) is 147 Å². The van der Waals surface area contributed by atoms with Gasteiger partial charge in [0, 0.05) is 94.1 Å². The monoisotopic (exact) mass is 1510 g/mol. The van der Waals surface area contributed by atoms with Crippen molar-refractivity contribution in [2.45, 2.75) is 156 Å². The van der Waals surface area contributed by atoms with Gasteiger partial charge >= 0.3 is 54.5 Å². The summed E-state index contributed by atoms with van der Waals surface area (Å²) in [5, 5.41) is 8.77. The molecular weight excluding hydrogens is 1400 g/mol. The van der Waals surface area contributed by atoms with Gasteiger partial charge in [0.05, 0.1) is 49.8 Å². The number of carbonyl (C=O) groups is 6. The number of nitrogens with one attached hydrogen (secondary N) is 5. The molecule has 5 aliphatic rings. The van der Waals surface area contributed by atoms with Gasteiger partial charge in [-0.1, -0.05) is 0 Å². The Balaban J connectivity index is 0.000000320. The van der Waals surface area contributed by atoms with Gasteiger partial charge < -0.3 is 53.7 Å². The molecule has 25 nitrogen and oxygen atoms in total. The van der Waals surface area contributed by atoms with Crippen LogP contribution in [0.3, 0.4) is 0 Å². The standard InChI is InChI=1S/C17H23NO4.C13H19NO3.C13H13NO2.C12H13NO.C8H11NO.C6H11NO2.C4H5ClO.C2H5B2O3.C2H7NO.ClH/c1-17(2,3)22-16(20)18-14-8-7-13(21-4)9-12(14)10-15(19)11-5-6-11;1-9-8-10(16-5)6-7-11(9)14-12(15)17-13(2,3)4;1-16-9-4-5-12-10(6-9)11(7-15)13(14-12)8-2-3-8;1-14-10-4-5-11-9(6-10)7-12(13-11)8-2-3-8;1-6-5-7(10-2)3-4-8(6)9;1-7(9-2)6(8)5-3-4-5;5-4(6)3-1-2-3;1-3-7-6-2-4-5;1-3-4-2;/h7-9,11H,5-6,10H2,1-4H3,(H,18,20);6-8H,1-5H3,(H,14,15);4-8,14H,2-3H2,1H3;4-8,13H,2-3H2,1H3;3-5H,9H2,1-2H3;5H,3-4H2,1-2H3;3H,1-2H2;2H2,1H3;3H,1-2H3;1H. The van der Waals surface area contributed by atoms with Crippen LogP contribution in [0.4, 0.5) is 26.7 Å². The van der Waals surface area contributed by atoms with Crippen molar-refractivity contribution in [3.05, 3.63) is 131 Å². The summed E-state index contributed by atoms with van der Waals surface area (Å²) in [4.78, 5) is 91.8. The van der Waals surface area contributed by atoms with E-state index < -0.39 is 23.4 Å². The van der Waals surface area contributed by atoms with Gasteiger partial charge in [-0.2, -0.15) is 0 Å². The second-order valence-corrected chi connectivity index (χ2v) is 27.2. The van der Waals surface area contributed by atoms with E-state index in [0.717, 1.165) is 124 Å². The zero-order valence-corrected chi connectivity index (χ0v) is 66.1. The number of rotatable bonds is 21. The number of hydroxylamine groups is 3. The zero-order valence-electron chi connectivity index (χ0n) is 64.5. The number of anilines is 3. The first kappa shape index (κ1) is 91.5. The number of aromatic amines is 2. The van der Waals surface area contributed by atoms with Crippen molar-refractivity contribution in [1.29, 1.82) is 0 Å². The fourth-order valence-electron chi connectivity index (χ4n) is 9.37. The largest absolute Gasteiger partial charge is 0.281 e. The Bertz CT molecular complexity index is 3900. The van der Waals surface area contributed by atoms with Gasteiger partial charge in [0.25, 0.3) is 0 Å². The zero-order chi connectivity index (χ0) is 78.0. The molecule has 7 aromatic rings. The summed E-state index contributed by atoms with van der Waals surface area (Å²) in [6.45, 7) is 16.4. The molecule has 0 atom stereocenters. The third-order valence-electron chi connectivity index (χ3n) is 15.9. The van der Waals surface area contributed by atoms with Crippen LogP contribution in [0.15, 0.2) is 97.1 Å². The first-order valence-electron chi connectivity index (χ1n) is 34.7. The van der Waals surface area contributed by atoms with Crippen LogP contribution in [0.1, 0.15) is 156 Å². The summed E-state index contributed by atoms with van der Waals surface area (Å²) < 4.78 is 45.5. The summed E-state index contributed by atoms with van der Waals surface area (Å²) in [7, 11) is 16.5. The number of ether oxygens (including phenoxy) is 7. The van der Waals surface area contributed by atoms with Gasteiger partial charge in [0.1, 0.15) is 45.7 Å². The van der Waals surface area contributed by atoms with Crippen molar-refractivity contribution in [3.63, 3.8) is 0 Å². The Hall–Kier alpha value is -8.69. The number of methoxy groups -OCH3 is 5. The minimum Gasteiger partial charge on any atom is -0.281 e. The molecule has 0 spiro atoms. The van der Waals surface area contributed by atoms with Crippen LogP contribution in [0.25, 0.3) is 21.8 Å². The molecule has 579 valence electrons. The number of carbonyl (C=O) groups excluding carboxylic acids is 6. The molecule has 5 saturated carbocycles. The van der Waals surface area contributed by atoms with E-state index in [9.17, 15) is 33.5 Å². The molecule has 0 bridgehead atoms. The first-order valence-corrected chi connectivity index (χ1v) is 35.1. The summed E-state index contributed by atoms with van der Waals surface area (Å²) in [5.74, 6) is 6.32. The molecule has 1 radical (unpaired) electrons. The van der Waals surface area contributed by atoms with Gasteiger partial charge in [-0.3, -0.25) is 34.6 Å². The van der Waals surface area contributed by atoms with E-state index in [1.807, 2.05) is 83.1 Å². The molecule has 2 aromatic heterocycles. The number of aromatic nitrogens is 2. The maximum atomic E-state index is 12.1. The number of nitrogen functional groups attached to an aromatic ring is 1. The third kappa shape index (κ3) is 34.7. The van der Waals surface area contributed by atoms with Gasteiger partial charge in [-0.05, 0) is 257 Å². The molecule has 106 heavy (non-hydrogen) atoms. The van der Waals surface area contributed by atoms with Crippen LogP contribution in [0, 0.1) is 31.6 Å². The third-order valence-corrected chi connectivity index (χ3v) is 16.2. The topological polar surface area (TPSA) is 318 Å². The number of hydrogen-bond acceptors (Lipinski definition) is 20. The Morgan fingerprint density at radius 3 is 1.52 bits per heavy atom. The molecule has 2 heterocycles. The number of aryl methyl sites for hydroxylation is 2. The summed E-state index contributed by atoms with van der Waals surface area (Å²) in [6.07, 6.45) is 11.4. The predicted octanol–water partition coefficient (Wildman–Crippen LogP) is 15.8. The molecular formula is C77H108B2Cl2N7O18. The number of nitrogens with zero attached hydrogens (tertiary/aromatic N) is 1. The molecule has 7 N–H and O–H groups in total. The van der Waals surface area contributed by atoms with Gasteiger partial charge in [0.2, 0.25) is 11.1 Å². The Kier molecular flexibility index (Phi) is 40.1. The van der Waals surface area contributed by atoms with E-state index in [1.54, 1.807) is 115 Å². The number of halogens is 2. The van der Waals surface area contributed by atoms with Crippen LogP contribution in [0.5, 0.6) is 28.7 Å². The van der Waals surface area contributed by atoms with E-state index in [4.69, 9.17) is 55.3 Å². The molecule has 12 rings (SSSR count). The molecule has 5 aromatic carbocycles. The number of H-pyrrole nitrogens is 2. The number of nitrogens with two attached hydrogens (primary N) is 1. The van der Waals surface area contributed by atoms with E-state index in [1.165, 1.54) is 61.9 Å². The van der Waals surface area contributed by atoms with Crippen molar-refractivity contribution in [3.8, 4) is 28.7 Å². The fourth-order valence-corrected chi connectivity index (χ4v) is 9.58. The van der Waals surface area contributed by atoms with E-state index in [-0.39, 0.29) is 53.6 Å². The molecule has 5 aliphatic carbocycles. The van der Waals surface area contributed by atoms with E-state index in [2.05, 4.69) is 58.8 Å². The van der Waals surface area contributed by atoms with Crippen molar-refractivity contribution in [2.75, 3.05) is 86.7 Å². The van der Waals surface area contributed by atoms with E-state index >= 15 is 0 Å². The molecule has 3 amide bonds. The summed E-state index contributed by atoms with van der Waals surface area (Å²) in [6, 6.07) is 30.5. The van der Waals surface area contributed by atoms with Gasteiger partial charge in [-0.15, -0.1) is 12.4 Å². The Morgan fingerprint density at radius 1 is 0.613 bits per heavy atom. The number of fused-ring (bicyclic) bond motifs is 2. The predicted molar refractivity (Wildman–Crippen MR) is 418 cm³/mol. The second kappa shape index (κ2) is 46.4. The number of aldehydes is 1. The maximum absolute atomic E-state index is 12.1. The maximum Gasteiger partial charge on any atom is 0.224 e.